The van der Waals surface area contributed by atoms with Crippen molar-refractivity contribution in [3.05, 3.63) is 59.8 Å². The summed E-state index contributed by atoms with van der Waals surface area (Å²) < 4.78 is 34.4. The van der Waals surface area contributed by atoms with Gasteiger partial charge in [-0.1, -0.05) is 12.1 Å². The van der Waals surface area contributed by atoms with Crippen LogP contribution in [0.15, 0.2) is 42.6 Å². The number of fused-ring (bicyclic) bond motifs is 1. The number of pyridine rings is 1. The van der Waals surface area contributed by atoms with E-state index in [9.17, 15) is 13.6 Å². The maximum atomic E-state index is 14.2. The first-order valence-corrected chi connectivity index (χ1v) is 9.63. The van der Waals surface area contributed by atoms with Crippen LogP contribution < -0.4 is 10.2 Å². The van der Waals surface area contributed by atoms with Gasteiger partial charge in [-0.05, 0) is 37.1 Å². The molecule has 1 aromatic heterocycles. The van der Waals surface area contributed by atoms with Gasteiger partial charge in [-0.15, -0.1) is 0 Å². The second-order valence-electron chi connectivity index (χ2n) is 7.91. The summed E-state index contributed by atoms with van der Waals surface area (Å²) in [5, 5.41) is 2.87. The molecule has 5 rings (SSSR count). The number of carbonyl (C=O) groups excluding carboxylic acids is 1. The molecule has 1 N–H and O–H groups in total. The van der Waals surface area contributed by atoms with E-state index >= 15 is 0 Å². The largest absolute Gasteiger partial charge is 0.369 e. The van der Waals surface area contributed by atoms with Crippen LogP contribution >= 0.6 is 0 Å². The lowest BCUT2D eigenvalue weighted by molar-refractivity contribution is 0.0141. The lowest BCUT2D eigenvalue weighted by Crippen LogP contribution is -2.42. The number of carbonyl (C=O) groups is 1. The van der Waals surface area contributed by atoms with Gasteiger partial charge in [-0.2, -0.15) is 0 Å². The first kappa shape index (κ1) is 17.6. The molecule has 28 heavy (non-hydrogen) atoms. The molecule has 3 fully saturated rings. The predicted octanol–water partition coefficient (Wildman–Crippen LogP) is 2.77. The molecule has 1 amide bonds. The summed E-state index contributed by atoms with van der Waals surface area (Å²) in [5.41, 5.74) is -0.257. The van der Waals surface area contributed by atoms with Crippen molar-refractivity contribution < 1.29 is 18.3 Å². The average Bonchev–Trinajstić information content (AvgIpc) is 3.35. The van der Waals surface area contributed by atoms with E-state index in [4.69, 9.17) is 4.74 Å². The molecule has 0 aliphatic carbocycles. The summed E-state index contributed by atoms with van der Waals surface area (Å²) in [6, 6.07) is 8.95. The zero-order chi connectivity index (χ0) is 19.3. The third kappa shape index (κ3) is 2.68. The fraction of sp³-hybridized carbons (Fsp3) is 0.429. The molecule has 2 aromatic rings. The molecule has 5 nitrogen and oxygen atoms in total. The Morgan fingerprint density at radius 1 is 1.25 bits per heavy atom. The first-order valence-electron chi connectivity index (χ1n) is 9.63. The predicted molar refractivity (Wildman–Crippen MR) is 99.0 cm³/mol. The Bertz CT molecular complexity index is 924. The maximum absolute atomic E-state index is 14.2. The van der Waals surface area contributed by atoms with Crippen LogP contribution in [0.3, 0.4) is 0 Å². The monoisotopic (exact) mass is 385 g/mol. The molecule has 0 radical (unpaired) electrons. The van der Waals surface area contributed by atoms with Crippen molar-refractivity contribution in [1.29, 1.82) is 0 Å². The van der Waals surface area contributed by atoms with E-state index in [0.29, 0.717) is 25.5 Å². The topological polar surface area (TPSA) is 54.5 Å². The number of ether oxygens (including phenoxy) is 1. The number of benzene rings is 1. The van der Waals surface area contributed by atoms with E-state index in [2.05, 4.69) is 10.3 Å². The minimum Gasteiger partial charge on any atom is -0.369 e. The molecule has 146 valence electrons. The minimum absolute atomic E-state index is 0.0462. The highest BCUT2D eigenvalue weighted by Gasteiger charge is 2.63. The van der Waals surface area contributed by atoms with E-state index in [1.165, 1.54) is 18.2 Å². The van der Waals surface area contributed by atoms with Crippen molar-refractivity contribution in [2.24, 2.45) is 11.8 Å². The molecule has 3 saturated heterocycles. The number of halogens is 2. The van der Waals surface area contributed by atoms with Crippen LogP contribution in [0, 0.1) is 23.5 Å². The Morgan fingerprint density at radius 2 is 2.07 bits per heavy atom. The van der Waals surface area contributed by atoms with Gasteiger partial charge >= 0.3 is 0 Å². The van der Waals surface area contributed by atoms with Crippen molar-refractivity contribution >= 4 is 11.7 Å². The first-order chi connectivity index (χ1) is 13.6. The van der Waals surface area contributed by atoms with Crippen molar-refractivity contribution in [3.8, 4) is 0 Å². The van der Waals surface area contributed by atoms with Crippen molar-refractivity contribution in [1.82, 2.24) is 10.3 Å². The number of aromatic nitrogens is 1. The summed E-state index contributed by atoms with van der Waals surface area (Å²) >= 11 is 0. The van der Waals surface area contributed by atoms with Gasteiger partial charge in [-0.3, -0.25) is 4.79 Å². The van der Waals surface area contributed by atoms with E-state index in [1.807, 2.05) is 4.90 Å². The maximum Gasteiger partial charge on any atom is 0.254 e. The lowest BCUT2D eigenvalue weighted by Gasteiger charge is -2.29. The normalized spacial score (nSPS) is 30.5. The molecule has 1 aromatic carbocycles. The van der Waals surface area contributed by atoms with E-state index in [1.54, 1.807) is 24.4 Å². The van der Waals surface area contributed by atoms with E-state index in [-0.39, 0.29) is 34.9 Å². The molecule has 0 unspecified atom stereocenters. The highest BCUT2D eigenvalue weighted by Crippen LogP contribution is 2.55. The quantitative estimate of drug-likeness (QED) is 0.880. The number of anilines is 1. The number of hydrogen-bond acceptors (Lipinski definition) is 4. The van der Waals surface area contributed by atoms with Crippen molar-refractivity contribution in [2.45, 2.75) is 24.5 Å². The molecular weight excluding hydrogens is 364 g/mol. The van der Waals surface area contributed by atoms with Gasteiger partial charge < -0.3 is 15.0 Å². The van der Waals surface area contributed by atoms with Crippen LogP contribution in [-0.4, -0.2) is 42.2 Å². The third-order valence-electron chi connectivity index (χ3n) is 6.44. The number of amides is 1. The summed E-state index contributed by atoms with van der Waals surface area (Å²) in [4.78, 5) is 18.5. The lowest BCUT2D eigenvalue weighted by atomic mass is 9.73. The van der Waals surface area contributed by atoms with Crippen LogP contribution in [0.4, 0.5) is 14.6 Å². The SMILES string of the molecule is O=C(NC[C@H]1[C@H]2CN(c3ncccc3F)C[C@]23CC[C@H]1O3)c1ccccc1F. The second-order valence-corrected chi connectivity index (χ2v) is 7.91. The van der Waals surface area contributed by atoms with Crippen LogP contribution in [0.2, 0.25) is 0 Å². The molecule has 2 bridgehead atoms. The van der Waals surface area contributed by atoms with E-state index in [0.717, 1.165) is 12.8 Å². The van der Waals surface area contributed by atoms with Gasteiger partial charge in [0.2, 0.25) is 0 Å². The highest BCUT2D eigenvalue weighted by atomic mass is 19.1. The van der Waals surface area contributed by atoms with Gasteiger partial charge in [0.1, 0.15) is 5.82 Å². The Balaban J connectivity index is 1.31. The molecule has 4 atom stereocenters. The number of nitrogens with zero attached hydrogens (tertiary/aromatic N) is 2. The molecule has 3 aliphatic rings. The third-order valence-corrected chi connectivity index (χ3v) is 6.44. The standard InChI is InChI=1S/C21H21F2N3O2/c22-16-5-2-1-4-13(16)20(27)25-10-14-15-11-26(19-17(23)6-3-9-24-19)12-21(15)8-7-18(14)28-21/h1-6,9,14-15,18H,7-8,10-12H2,(H,25,27)/t14-,15+,18+,21+/m0/s1. The smallest absolute Gasteiger partial charge is 0.254 e. The van der Waals surface area contributed by atoms with Gasteiger partial charge in [-0.25, -0.2) is 13.8 Å². The van der Waals surface area contributed by atoms with Gasteiger partial charge in [0.05, 0.1) is 17.3 Å². The molecule has 4 heterocycles. The Kier molecular flexibility index (Phi) is 4.08. The highest BCUT2D eigenvalue weighted by molar-refractivity contribution is 5.94. The van der Waals surface area contributed by atoms with Crippen molar-refractivity contribution in [3.63, 3.8) is 0 Å². The van der Waals surface area contributed by atoms with E-state index < -0.39 is 11.7 Å². The Morgan fingerprint density at radius 3 is 2.89 bits per heavy atom. The minimum atomic E-state index is -0.529. The zero-order valence-corrected chi connectivity index (χ0v) is 15.3. The summed E-state index contributed by atoms with van der Waals surface area (Å²) in [6.07, 6.45) is 3.54. The average molecular weight is 385 g/mol. The fourth-order valence-electron chi connectivity index (χ4n) is 5.19. The fourth-order valence-corrected chi connectivity index (χ4v) is 5.19. The van der Waals surface area contributed by atoms with Crippen LogP contribution in [0.25, 0.3) is 0 Å². The zero-order valence-electron chi connectivity index (χ0n) is 15.3. The molecule has 3 aliphatic heterocycles. The molecule has 7 heteroatoms. The van der Waals surface area contributed by atoms with Gasteiger partial charge in [0.25, 0.3) is 5.91 Å². The van der Waals surface area contributed by atoms with Crippen molar-refractivity contribution in [2.75, 3.05) is 24.5 Å². The Labute approximate surface area is 161 Å². The summed E-state index contributed by atoms with van der Waals surface area (Å²) in [7, 11) is 0. The summed E-state index contributed by atoms with van der Waals surface area (Å²) in [5.74, 6) is -0.612. The van der Waals surface area contributed by atoms with Crippen LogP contribution in [0.5, 0.6) is 0 Å². The molecular formula is C21H21F2N3O2. The van der Waals surface area contributed by atoms with Crippen LogP contribution in [-0.2, 0) is 4.74 Å². The second kappa shape index (κ2) is 6.51. The number of hydrogen-bond donors (Lipinski definition) is 1. The molecule has 0 saturated carbocycles. The van der Waals surface area contributed by atoms with Gasteiger partial charge in [0.15, 0.2) is 11.6 Å². The number of nitrogens with one attached hydrogen (secondary N) is 1. The Hall–Kier alpha value is -2.54. The van der Waals surface area contributed by atoms with Crippen LogP contribution in [0.1, 0.15) is 23.2 Å². The number of rotatable bonds is 4. The molecule has 1 spiro atoms. The van der Waals surface area contributed by atoms with Gasteiger partial charge in [0, 0.05) is 37.7 Å². The summed E-state index contributed by atoms with van der Waals surface area (Å²) in [6.45, 7) is 1.67.